The zero-order chi connectivity index (χ0) is 22.2. The van der Waals surface area contributed by atoms with E-state index in [0.29, 0.717) is 41.3 Å². The summed E-state index contributed by atoms with van der Waals surface area (Å²) in [7, 11) is 3.66. The van der Waals surface area contributed by atoms with Crippen molar-refractivity contribution in [1.29, 1.82) is 5.26 Å². The molecule has 0 saturated carbocycles. The van der Waals surface area contributed by atoms with Gasteiger partial charge in [0.25, 0.3) is 5.91 Å². The smallest absolute Gasteiger partial charge is 0.255 e. The molecule has 0 aliphatic heterocycles. The average Bonchev–Trinajstić information content (AvgIpc) is 2.79. The molecule has 0 fully saturated rings. The summed E-state index contributed by atoms with van der Waals surface area (Å²) in [5.74, 6) is -0.257. The minimum atomic E-state index is -0.257. The first-order valence-corrected chi connectivity index (χ1v) is 9.84. The molecule has 0 saturated heterocycles. The Bertz CT molecular complexity index is 1090. The molecule has 7 heteroatoms. The molecule has 158 valence electrons. The lowest BCUT2D eigenvalue weighted by Crippen LogP contribution is -2.22. The van der Waals surface area contributed by atoms with Gasteiger partial charge in [-0.25, -0.2) is 0 Å². The van der Waals surface area contributed by atoms with Crippen LogP contribution in [0.2, 0.25) is 0 Å². The normalized spacial score (nSPS) is 10.6. The number of nitrogens with two attached hydrogens (primary N) is 1. The van der Waals surface area contributed by atoms with E-state index in [1.54, 1.807) is 49.7 Å². The first-order valence-electron chi connectivity index (χ1n) is 9.84. The van der Waals surface area contributed by atoms with Gasteiger partial charge in [0, 0.05) is 37.5 Å². The number of hydrogen-bond donors (Lipinski definition) is 2. The van der Waals surface area contributed by atoms with Crippen LogP contribution in [0.15, 0.2) is 60.8 Å². The van der Waals surface area contributed by atoms with Gasteiger partial charge in [-0.05, 0) is 42.9 Å². The largest absolute Gasteiger partial charge is 0.397 e. The highest BCUT2D eigenvalue weighted by Crippen LogP contribution is 2.24. The van der Waals surface area contributed by atoms with E-state index < -0.39 is 0 Å². The molecule has 1 amide bonds. The number of benzene rings is 2. The fourth-order valence-corrected chi connectivity index (χ4v) is 3.13. The van der Waals surface area contributed by atoms with Crippen LogP contribution in [0.4, 0.5) is 11.4 Å². The molecule has 7 nitrogen and oxygen atoms in total. The van der Waals surface area contributed by atoms with Gasteiger partial charge in [-0.2, -0.15) is 5.26 Å². The molecule has 0 spiro atoms. The van der Waals surface area contributed by atoms with Gasteiger partial charge >= 0.3 is 0 Å². The Labute approximate surface area is 182 Å². The maximum absolute atomic E-state index is 12.5. The zero-order valence-electron chi connectivity index (χ0n) is 17.6. The number of carbonyl (C=O) groups is 1. The first kappa shape index (κ1) is 22.0. The van der Waals surface area contributed by atoms with E-state index in [1.165, 1.54) is 0 Å². The van der Waals surface area contributed by atoms with Crippen LogP contribution >= 0.6 is 0 Å². The summed E-state index contributed by atoms with van der Waals surface area (Å²) < 4.78 is 5.09. The van der Waals surface area contributed by atoms with Crippen molar-refractivity contribution in [3.63, 3.8) is 0 Å². The van der Waals surface area contributed by atoms with Crippen LogP contribution in [0.1, 0.15) is 21.5 Å². The van der Waals surface area contributed by atoms with Crippen molar-refractivity contribution in [2.24, 2.45) is 0 Å². The van der Waals surface area contributed by atoms with Crippen molar-refractivity contribution in [3.05, 3.63) is 77.5 Å². The molecular weight excluding hydrogens is 390 g/mol. The number of nitrogens with zero attached hydrogens (tertiary/aromatic N) is 3. The van der Waals surface area contributed by atoms with Crippen molar-refractivity contribution in [3.8, 4) is 17.3 Å². The summed E-state index contributed by atoms with van der Waals surface area (Å²) in [4.78, 5) is 19.1. The molecule has 31 heavy (non-hydrogen) atoms. The van der Waals surface area contributed by atoms with Crippen molar-refractivity contribution in [2.45, 2.75) is 6.54 Å². The molecule has 0 aliphatic carbocycles. The minimum absolute atomic E-state index is 0.257. The number of ether oxygens (including phenoxy) is 1. The Morgan fingerprint density at radius 2 is 1.97 bits per heavy atom. The highest BCUT2D eigenvalue weighted by Gasteiger charge is 2.12. The molecule has 0 radical (unpaired) electrons. The molecule has 0 atom stereocenters. The summed E-state index contributed by atoms with van der Waals surface area (Å²) >= 11 is 0. The number of nitriles is 1. The van der Waals surface area contributed by atoms with E-state index in [2.05, 4.69) is 21.3 Å². The lowest BCUT2D eigenvalue weighted by molar-refractivity contribution is 0.102. The van der Waals surface area contributed by atoms with Crippen LogP contribution in [-0.4, -0.2) is 43.1 Å². The molecule has 3 N–H and O–H groups in total. The van der Waals surface area contributed by atoms with Crippen molar-refractivity contribution >= 4 is 17.3 Å². The molecular formula is C24H25N5O2. The number of aromatic nitrogens is 1. The van der Waals surface area contributed by atoms with Crippen LogP contribution in [0.5, 0.6) is 0 Å². The lowest BCUT2D eigenvalue weighted by atomic mass is 10.0. The Balaban J connectivity index is 1.75. The molecule has 0 aliphatic rings. The standard InChI is InChI=1S/C24H25N5O2/c1-29(11-12-31-2)16-17-13-20(14-25)23(27-15-17)18-7-9-19(10-8-18)24(30)28-22-6-4-3-5-21(22)26/h3-10,13,15H,11-12,16,26H2,1-2H3,(H,28,30). The number of likely N-dealkylation sites (N-methyl/N-ethyl adjacent to an activating group) is 1. The minimum Gasteiger partial charge on any atom is -0.397 e. The van der Waals surface area contributed by atoms with Gasteiger partial charge in [0.05, 0.1) is 29.2 Å². The molecule has 0 bridgehead atoms. The predicted molar refractivity (Wildman–Crippen MR) is 121 cm³/mol. The summed E-state index contributed by atoms with van der Waals surface area (Å²) in [5, 5.41) is 12.4. The van der Waals surface area contributed by atoms with Gasteiger partial charge in [0.15, 0.2) is 0 Å². The van der Waals surface area contributed by atoms with Crippen LogP contribution in [0, 0.1) is 11.3 Å². The molecule has 3 rings (SSSR count). The number of carbonyl (C=O) groups excluding carboxylic acids is 1. The average molecular weight is 415 g/mol. The maximum Gasteiger partial charge on any atom is 0.255 e. The van der Waals surface area contributed by atoms with Crippen LogP contribution in [0.3, 0.4) is 0 Å². The number of nitrogens with one attached hydrogen (secondary N) is 1. The summed E-state index contributed by atoms with van der Waals surface area (Å²) in [6, 6.07) is 18.2. The van der Waals surface area contributed by atoms with Crippen molar-refractivity contribution in [1.82, 2.24) is 9.88 Å². The fourth-order valence-electron chi connectivity index (χ4n) is 3.13. The third-order valence-electron chi connectivity index (χ3n) is 4.82. The van der Waals surface area contributed by atoms with E-state index in [0.717, 1.165) is 17.7 Å². The molecule has 3 aromatic rings. The van der Waals surface area contributed by atoms with Gasteiger partial charge in [0.2, 0.25) is 0 Å². The molecule has 0 unspecified atom stereocenters. The van der Waals surface area contributed by atoms with E-state index in [9.17, 15) is 10.1 Å². The summed E-state index contributed by atoms with van der Waals surface area (Å²) in [5.41, 5.74) is 10.2. The van der Waals surface area contributed by atoms with Gasteiger partial charge in [-0.3, -0.25) is 14.7 Å². The molecule has 2 aromatic carbocycles. The topological polar surface area (TPSA) is 104 Å². The van der Waals surface area contributed by atoms with E-state index >= 15 is 0 Å². The third kappa shape index (κ3) is 5.66. The van der Waals surface area contributed by atoms with Gasteiger partial charge in [0.1, 0.15) is 6.07 Å². The number of methoxy groups -OCH3 is 1. The summed E-state index contributed by atoms with van der Waals surface area (Å²) in [6.45, 7) is 2.11. The molecule has 1 aromatic heterocycles. The fraction of sp³-hybridized carbons (Fsp3) is 0.208. The lowest BCUT2D eigenvalue weighted by Gasteiger charge is -2.16. The van der Waals surface area contributed by atoms with Gasteiger partial charge in [-0.1, -0.05) is 24.3 Å². The van der Waals surface area contributed by atoms with E-state index in [-0.39, 0.29) is 5.91 Å². The highest BCUT2D eigenvalue weighted by atomic mass is 16.5. The quantitative estimate of drug-likeness (QED) is 0.546. The maximum atomic E-state index is 12.5. The van der Waals surface area contributed by atoms with Crippen LogP contribution in [0.25, 0.3) is 11.3 Å². The van der Waals surface area contributed by atoms with E-state index in [4.69, 9.17) is 10.5 Å². The zero-order valence-corrected chi connectivity index (χ0v) is 17.6. The number of pyridine rings is 1. The predicted octanol–water partition coefficient (Wildman–Crippen LogP) is 3.53. The Morgan fingerprint density at radius 1 is 1.23 bits per heavy atom. The highest BCUT2D eigenvalue weighted by molar-refractivity contribution is 6.05. The SMILES string of the molecule is COCCN(C)Cc1cnc(-c2ccc(C(=O)Nc3ccccc3N)cc2)c(C#N)c1. The van der Waals surface area contributed by atoms with Crippen molar-refractivity contribution in [2.75, 3.05) is 38.4 Å². The van der Waals surface area contributed by atoms with E-state index in [1.807, 2.05) is 25.2 Å². The van der Waals surface area contributed by atoms with Gasteiger partial charge in [-0.15, -0.1) is 0 Å². The van der Waals surface area contributed by atoms with Crippen LogP contribution < -0.4 is 11.1 Å². The second-order valence-corrected chi connectivity index (χ2v) is 7.20. The van der Waals surface area contributed by atoms with Crippen molar-refractivity contribution < 1.29 is 9.53 Å². The first-order chi connectivity index (χ1) is 15.0. The second kappa shape index (κ2) is 10.3. The number of amides is 1. The Kier molecular flexibility index (Phi) is 7.33. The number of rotatable bonds is 8. The van der Waals surface area contributed by atoms with Gasteiger partial charge < -0.3 is 15.8 Å². The summed E-state index contributed by atoms with van der Waals surface area (Å²) in [6.07, 6.45) is 1.78. The second-order valence-electron chi connectivity index (χ2n) is 7.20. The van der Waals surface area contributed by atoms with Crippen LogP contribution in [-0.2, 0) is 11.3 Å². The number of hydrogen-bond acceptors (Lipinski definition) is 6. The number of anilines is 2. The monoisotopic (exact) mass is 415 g/mol. The number of nitrogen functional groups attached to an aromatic ring is 1. The Hall–Kier alpha value is -3.73. The number of para-hydroxylation sites is 2. The molecule has 1 heterocycles. The third-order valence-corrected chi connectivity index (χ3v) is 4.82. The Morgan fingerprint density at radius 3 is 2.65 bits per heavy atom.